The molecule has 0 N–H and O–H groups in total. The third kappa shape index (κ3) is 2.36. The number of thioether (sulfide) groups is 1. The van der Waals surface area contributed by atoms with E-state index in [9.17, 15) is 0 Å². The highest BCUT2D eigenvalue weighted by Gasteiger charge is 2.15. The van der Waals surface area contributed by atoms with Crippen LogP contribution in [0, 0.1) is 11.3 Å². The zero-order valence-electron chi connectivity index (χ0n) is 8.11. The summed E-state index contributed by atoms with van der Waals surface area (Å²) in [7, 11) is 0. The molecule has 0 aromatic carbocycles. The summed E-state index contributed by atoms with van der Waals surface area (Å²) < 4.78 is 0. The van der Waals surface area contributed by atoms with Gasteiger partial charge in [-0.25, -0.2) is 4.98 Å². The van der Waals surface area contributed by atoms with Gasteiger partial charge in [-0.3, -0.25) is 0 Å². The maximum atomic E-state index is 8.70. The molecule has 1 fully saturated rings. The van der Waals surface area contributed by atoms with Gasteiger partial charge in [0.25, 0.3) is 0 Å². The number of nitriles is 1. The quantitative estimate of drug-likeness (QED) is 0.753. The predicted octanol–water partition coefficient (Wildman–Crippen LogP) is 2.16. The molecule has 2 heterocycles. The van der Waals surface area contributed by atoms with Gasteiger partial charge in [0.15, 0.2) is 0 Å². The average molecular weight is 240 g/mol. The van der Waals surface area contributed by atoms with Gasteiger partial charge in [-0.2, -0.15) is 17.0 Å². The minimum absolute atomic E-state index is 0.509. The SMILES string of the molecule is N#Cc1cnc(N2CCSCC2)c(Cl)c1. The van der Waals surface area contributed by atoms with E-state index in [1.54, 1.807) is 12.3 Å². The Balaban J connectivity index is 2.24. The smallest absolute Gasteiger partial charge is 0.147 e. The highest BCUT2D eigenvalue weighted by atomic mass is 35.5. The van der Waals surface area contributed by atoms with E-state index >= 15 is 0 Å². The number of nitrogens with zero attached hydrogens (tertiary/aromatic N) is 3. The third-order valence-corrected chi connectivity index (χ3v) is 3.48. The van der Waals surface area contributed by atoms with Crippen molar-refractivity contribution in [3.8, 4) is 6.07 Å². The number of pyridine rings is 1. The molecular formula is C10H10ClN3S. The lowest BCUT2D eigenvalue weighted by Gasteiger charge is -2.27. The van der Waals surface area contributed by atoms with Crippen LogP contribution in [0.2, 0.25) is 5.02 Å². The lowest BCUT2D eigenvalue weighted by Crippen LogP contribution is -2.33. The van der Waals surface area contributed by atoms with Crippen molar-refractivity contribution in [3.05, 3.63) is 22.8 Å². The summed E-state index contributed by atoms with van der Waals surface area (Å²) in [5.74, 6) is 3.02. The van der Waals surface area contributed by atoms with Crippen LogP contribution in [0.5, 0.6) is 0 Å². The van der Waals surface area contributed by atoms with E-state index in [1.165, 1.54) is 0 Å². The molecule has 0 aliphatic carbocycles. The number of hydrogen-bond acceptors (Lipinski definition) is 4. The van der Waals surface area contributed by atoms with E-state index in [0.29, 0.717) is 10.6 Å². The minimum atomic E-state index is 0.509. The van der Waals surface area contributed by atoms with E-state index in [4.69, 9.17) is 16.9 Å². The number of rotatable bonds is 1. The molecule has 78 valence electrons. The van der Waals surface area contributed by atoms with E-state index < -0.39 is 0 Å². The van der Waals surface area contributed by atoms with Crippen LogP contribution < -0.4 is 4.90 Å². The van der Waals surface area contributed by atoms with E-state index in [0.717, 1.165) is 30.4 Å². The second kappa shape index (κ2) is 4.73. The Morgan fingerprint density at radius 1 is 1.47 bits per heavy atom. The summed E-state index contributed by atoms with van der Waals surface area (Å²) >= 11 is 8.02. The van der Waals surface area contributed by atoms with Crippen molar-refractivity contribution in [3.63, 3.8) is 0 Å². The Hall–Kier alpha value is -0.920. The largest absolute Gasteiger partial charge is 0.354 e. The van der Waals surface area contributed by atoms with E-state index in [2.05, 4.69) is 9.88 Å². The van der Waals surface area contributed by atoms with Crippen molar-refractivity contribution in [2.24, 2.45) is 0 Å². The van der Waals surface area contributed by atoms with Crippen LogP contribution in [0.25, 0.3) is 0 Å². The fourth-order valence-electron chi connectivity index (χ4n) is 1.50. The van der Waals surface area contributed by atoms with Crippen molar-refractivity contribution < 1.29 is 0 Å². The molecule has 2 rings (SSSR count). The summed E-state index contributed by atoms with van der Waals surface area (Å²) in [4.78, 5) is 6.40. The summed E-state index contributed by atoms with van der Waals surface area (Å²) in [6.07, 6.45) is 1.57. The lowest BCUT2D eigenvalue weighted by atomic mass is 10.3. The Kier molecular flexibility index (Phi) is 3.34. The Bertz CT molecular complexity index is 396. The topological polar surface area (TPSA) is 39.9 Å². The molecule has 0 saturated carbocycles. The van der Waals surface area contributed by atoms with Crippen LogP contribution in [-0.4, -0.2) is 29.6 Å². The van der Waals surface area contributed by atoms with Crippen LogP contribution in [0.4, 0.5) is 5.82 Å². The molecule has 0 radical (unpaired) electrons. The first kappa shape index (κ1) is 10.6. The van der Waals surface area contributed by atoms with Crippen molar-refractivity contribution >= 4 is 29.2 Å². The van der Waals surface area contributed by atoms with Gasteiger partial charge in [0.1, 0.15) is 11.9 Å². The molecule has 3 nitrogen and oxygen atoms in total. The first-order valence-electron chi connectivity index (χ1n) is 4.69. The average Bonchev–Trinajstić information content (AvgIpc) is 2.30. The predicted molar refractivity (Wildman–Crippen MR) is 63.5 cm³/mol. The number of hydrogen-bond donors (Lipinski definition) is 0. The Morgan fingerprint density at radius 3 is 2.80 bits per heavy atom. The van der Waals surface area contributed by atoms with Gasteiger partial charge in [-0.15, -0.1) is 0 Å². The molecule has 0 spiro atoms. The highest BCUT2D eigenvalue weighted by molar-refractivity contribution is 7.99. The summed E-state index contributed by atoms with van der Waals surface area (Å²) in [6, 6.07) is 3.70. The molecule has 1 saturated heterocycles. The molecule has 1 aliphatic rings. The molecule has 15 heavy (non-hydrogen) atoms. The second-order valence-electron chi connectivity index (χ2n) is 3.24. The monoisotopic (exact) mass is 239 g/mol. The van der Waals surface area contributed by atoms with Gasteiger partial charge in [0.2, 0.25) is 0 Å². The fourth-order valence-corrected chi connectivity index (χ4v) is 2.69. The maximum absolute atomic E-state index is 8.70. The zero-order valence-corrected chi connectivity index (χ0v) is 9.68. The van der Waals surface area contributed by atoms with Gasteiger partial charge in [0.05, 0.1) is 10.6 Å². The maximum Gasteiger partial charge on any atom is 0.147 e. The van der Waals surface area contributed by atoms with Gasteiger partial charge in [0, 0.05) is 30.8 Å². The van der Waals surface area contributed by atoms with Crippen LogP contribution in [-0.2, 0) is 0 Å². The molecule has 1 aromatic heterocycles. The molecule has 5 heteroatoms. The highest BCUT2D eigenvalue weighted by Crippen LogP contribution is 2.25. The van der Waals surface area contributed by atoms with Crippen molar-refractivity contribution in [1.29, 1.82) is 5.26 Å². The van der Waals surface area contributed by atoms with Crippen molar-refractivity contribution in [1.82, 2.24) is 4.98 Å². The number of aromatic nitrogens is 1. The standard InChI is InChI=1S/C10H10ClN3S/c11-9-5-8(6-12)7-13-10(9)14-1-3-15-4-2-14/h5,7H,1-4H2. The number of halogens is 1. The number of anilines is 1. The molecule has 1 aliphatic heterocycles. The Labute approximate surface area is 98.0 Å². The lowest BCUT2D eigenvalue weighted by molar-refractivity contribution is 0.839. The van der Waals surface area contributed by atoms with Crippen LogP contribution >= 0.6 is 23.4 Å². The summed E-state index contributed by atoms with van der Waals surface area (Å²) in [5, 5.41) is 9.27. The molecule has 0 amide bonds. The molecule has 0 unspecified atom stereocenters. The first-order chi connectivity index (χ1) is 7.31. The van der Waals surface area contributed by atoms with Gasteiger partial charge < -0.3 is 4.90 Å². The Morgan fingerprint density at radius 2 is 2.20 bits per heavy atom. The van der Waals surface area contributed by atoms with E-state index in [1.807, 2.05) is 17.8 Å². The zero-order chi connectivity index (χ0) is 10.7. The van der Waals surface area contributed by atoms with Gasteiger partial charge >= 0.3 is 0 Å². The van der Waals surface area contributed by atoms with E-state index in [-0.39, 0.29) is 0 Å². The van der Waals surface area contributed by atoms with Crippen molar-refractivity contribution in [2.45, 2.75) is 0 Å². The molecule has 0 atom stereocenters. The molecule has 1 aromatic rings. The summed E-state index contributed by atoms with van der Waals surface area (Å²) in [6.45, 7) is 1.95. The minimum Gasteiger partial charge on any atom is -0.354 e. The van der Waals surface area contributed by atoms with Crippen LogP contribution in [0.15, 0.2) is 12.3 Å². The molecule has 0 bridgehead atoms. The van der Waals surface area contributed by atoms with Crippen molar-refractivity contribution in [2.75, 3.05) is 29.5 Å². The first-order valence-corrected chi connectivity index (χ1v) is 6.23. The normalized spacial score (nSPS) is 16.1. The third-order valence-electron chi connectivity index (χ3n) is 2.26. The molecular weight excluding hydrogens is 230 g/mol. The van der Waals surface area contributed by atoms with Gasteiger partial charge in [-0.05, 0) is 6.07 Å². The summed E-state index contributed by atoms with van der Waals surface area (Å²) in [5.41, 5.74) is 0.509. The second-order valence-corrected chi connectivity index (χ2v) is 4.87. The van der Waals surface area contributed by atoms with Gasteiger partial charge in [-0.1, -0.05) is 11.6 Å². The fraction of sp³-hybridized carbons (Fsp3) is 0.400. The van der Waals surface area contributed by atoms with Crippen LogP contribution in [0.1, 0.15) is 5.56 Å². The van der Waals surface area contributed by atoms with Crippen LogP contribution in [0.3, 0.4) is 0 Å².